The van der Waals surface area contributed by atoms with Gasteiger partial charge < -0.3 is 19.3 Å². The van der Waals surface area contributed by atoms with Crippen LogP contribution in [0.3, 0.4) is 0 Å². The normalized spacial score (nSPS) is 13.7. The predicted molar refractivity (Wildman–Crippen MR) is 132 cm³/mol. The summed E-state index contributed by atoms with van der Waals surface area (Å²) < 4.78 is 46.8. The van der Waals surface area contributed by atoms with Crippen LogP contribution in [-0.4, -0.2) is 66.0 Å². The summed E-state index contributed by atoms with van der Waals surface area (Å²) in [5, 5.41) is 17.8. The monoisotopic (exact) mass is 505 g/mol. The largest absolute Gasteiger partial charge is 0.494 e. The number of rotatable bonds is 9. The Hall–Kier alpha value is -3.38. The van der Waals surface area contributed by atoms with E-state index in [2.05, 4.69) is 19.9 Å². The summed E-state index contributed by atoms with van der Waals surface area (Å²) in [6.07, 6.45) is -1.14. The molecule has 0 saturated heterocycles. The number of anilines is 1. The molecular formula is C23H31N5O6S. The molecule has 35 heavy (non-hydrogen) atoms. The van der Waals surface area contributed by atoms with Gasteiger partial charge in [-0.2, -0.15) is 0 Å². The molecular weight excluding hydrogens is 474 g/mol. The molecule has 2 N–H and O–H groups in total. The van der Waals surface area contributed by atoms with Crippen molar-refractivity contribution >= 4 is 16.0 Å². The molecule has 1 aromatic carbocycles. The minimum Gasteiger partial charge on any atom is -0.494 e. The number of hydrogen-bond acceptors (Lipinski definition) is 9. The summed E-state index contributed by atoms with van der Waals surface area (Å²) in [6, 6.07) is 10.2. The van der Waals surface area contributed by atoms with E-state index >= 15 is 0 Å². The Balaban J connectivity index is 2.24. The van der Waals surface area contributed by atoms with Crippen LogP contribution in [0.5, 0.6) is 17.4 Å². The molecule has 3 aromatic rings. The first-order valence-corrected chi connectivity index (χ1v) is 12.4. The van der Waals surface area contributed by atoms with Gasteiger partial charge in [-0.1, -0.05) is 32.9 Å². The Morgan fingerprint density at radius 3 is 2.11 bits per heavy atom. The molecule has 0 amide bonds. The number of nitrogens with one attached hydrogen (secondary N) is 1. The molecule has 2 aromatic heterocycles. The first kappa shape index (κ1) is 26.2. The average Bonchev–Trinajstić information content (AvgIpc) is 3.23. The number of para-hydroxylation sites is 1. The van der Waals surface area contributed by atoms with Crippen LogP contribution < -0.4 is 18.9 Å². The average molecular weight is 506 g/mol. The number of benzene rings is 1. The SMILES string of the molecule is COc1cccc(-c2nnc(NS(=O)(=O)[C@@H](C)[C@@H](O)C(C)(C)C)n2-c2c(OC)cccc2OC)n1. The van der Waals surface area contributed by atoms with Crippen LogP contribution in [0.25, 0.3) is 17.2 Å². The van der Waals surface area contributed by atoms with E-state index in [9.17, 15) is 13.5 Å². The third-order valence-corrected chi connectivity index (χ3v) is 7.21. The van der Waals surface area contributed by atoms with E-state index in [4.69, 9.17) is 14.2 Å². The van der Waals surface area contributed by atoms with Crippen molar-refractivity contribution in [3.05, 3.63) is 36.4 Å². The number of aliphatic hydroxyl groups excluding tert-OH is 1. The zero-order chi connectivity index (χ0) is 26.0. The number of aliphatic hydroxyl groups is 1. The molecule has 190 valence electrons. The molecule has 0 unspecified atom stereocenters. The highest BCUT2D eigenvalue weighted by atomic mass is 32.2. The fourth-order valence-electron chi connectivity index (χ4n) is 3.53. The Morgan fingerprint density at radius 2 is 1.57 bits per heavy atom. The number of sulfonamides is 1. The van der Waals surface area contributed by atoms with Crippen molar-refractivity contribution in [1.29, 1.82) is 0 Å². The van der Waals surface area contributed by atoms with Gasteiger partial charge in [0, 0.05) is 6.07 Å². The summed E-state index contributed by atoms with van der Waals surface area (Å²) in [6.45, 7) is 6.72. The molecule has 2 heterocycles. The fraction of sp³-hybridized carbons (Fsp3) is 0.435. The summed E-state index contributed by atoms with van der Waals surface area (Å²) in [5.41, 5.74) is 0.0745. The van der Waals surface area contributed by atoms with E-state index in [0.29, 0.717) is 28.8 Å². The second-order valence-electron chi connectivity index (χ2n) is 8.92. The van der Waals surface area contributed by atoms with Crippen molar-refractivity contribution in [2.24, 2.45) is 5.41 Å². The van der Waals surface area contributed by atoms with Crippen molar-refractivity contribution < 1.29 is 27.7 Å². The Morgan fingerprint density at radius 1 is 0.971 bits per heavy atom. The third kappa shape index (κ3) is 5.33. The van der Waals surface area contributed by atoms with Gasteiger partial charge in [0.2, 0.25) is 21.9 Å². The summed E-state index contributed by atoms with van der Waals surface area (Å²) in [4.78, 5) is 4.42. The maximum Gasteiger partial charge on any atom is 0.243 e. The van der Waals surface area contributed by atoms with Crippen LogP contribution in [0.1, 0.15) is 27.7 Å². The summed E-state index contributed by atoms with van der Waals surface area (Å²) in [5.74, 6) is 1.20. The molecule has 0 bridgehead atoms. The van der Waals surface area contributed by atoms with E-state index in [1.54, 1.807) is 57.2 Å². The van der Waals surface area contributed by atoms with Gasteiger partial charge in [-0.25, -0.2) is 13.4 Å². The number of pyridine rings is 1. The number of hydrogen-bond donors (Lipinski definition) is 2. The molecule has 0 aliphatic carbocycles. The second kappa shape index (κ2) is 10.1. The fourth-order valence-corrected chi connectivity index (χ4v) is 4.85. The first-order chi connectivity index (χ1) is 16.4. The summed E-state index contributed by atoms with van der Waals surface area (Å²) in [7, 11) is 0.358. The molecule has 2 atom stereocenters. The number of ether oxygens (including phenoxy) is 3. The molecule has 0 fully saturated rings. The van der Waals surface area contributed by atoms with E-state index in [1.807, 2.05) is 0 Å². The zero-order valence-electron chi connectivity index (χ0n) is 20.8. The van der Waals surface area contributed by atoms with E-state index in [-0.39, 0.29) is 11.8 Å². The van der Waals surface area contributed by atoms with Crippen LogP contribution in [0.2, 0.25) is 0 Å². The van der Waals surface area contributed by atoms with Crippen LogP contribution in [-0.2, 0) is 10.0 Å². The van der Waals surface area contributed by atoms with Gasteiger partial charge in [-0.05, 0) is 30.5 Å². The predicted octanol–water partition coefficient (Wildman–Crippen LogP) is 2.89. The van der Waals surface area contributed by atoms with Crippen molar-refractivity contribution in [1.82, 2.24) is 19.7 Å². The molecule has 0 saturated carbocycles. The van der Waals surface area contributed by atoms with Crippen molar-refractivity contribution in [2.75, 3.05) is 26.1 Å². The molecule has 0 aliphatic rings. The van der Waals surface area contributed by atoms with Gasteiger partial charge in [0.1, 0.15) is 28.1 Å². The molecule has 12 heteroatoms. The quantitative estimate of drug-likeness (QED) is 0.449. The summed E-state index contributed by atoms with van der Waals surface area (Å²) >= 11 is 0. The molecule has 3 rings (SSSR count). The minimum atomic E-state index is -4.10. The molecule has 11 nitrogen and oxygen atoms in total. The maximum atomic E-state index is 13.3. The van der Waals surface area contributed by atoms with Gasteiger partial charge >= 0.3 is 0 Å². The van der Waals surface area contributed by atoms with E-state index in [0.717, 1.165) is 0 Å². The third-order valence-electron chi connectivity index (χ3n) is 5.51. The Labute approximate surface area is 205 Å². The van der Waals surface area contributed by atoms with Gasteiger partial charge in [0.15, 0.2) is 5.82 Å². The lowest BCUT2D eigenvalue weighted by Gasteiger charge is -2.30. The highest BCUT2D eigenvalue weighted by Crippen LogP contribution is 2.38. The van der Waals surface area contributed by atoms with Crippen LogP contribution in [0, 0.1) is 5.41 Å². The lowest BCUT2D eigenvalue weighted by molar-refractivity contribution is 0.0627. The maximum absolute atomic E-state index is 13.3. The number of nitrogens with zero attached hydrogens (tertiary/aromatic N) is 4. The van der Waals surface area contributed by atoms with Crippen LogP contribution >= 0.6 is 0 Å². The molecule has 0 spiro atoms. The Kier molecular flexibility index (Phi) is 7.56. The van der Waals surface area contributed by atoms with Gasteiger partial charge in [-0.3, -0.25) is 9.29 Å². The molecule has 0 radical (unpaired) electrons. The van der Waals surface area contributed by atoms with Crippen molar-refractivity contribution in [3.8, 4) is 34.6 Å². The molecule has 0 aliphatic heterocycles. The smallest absolute Gasteiger partial charge is 0.243 e. The van der Waals surface area contributed by atoms with Crippen LogP contribution in [0.15, 0.2) is 36.4 Å². The lowest BCUT2D eigenvalue weighted by atomic mass is 9.87. The minimum absolute atomic E-state index is 0.125. The first-order valence-electron chi connectivity index (χ1n) is 10.8. The van der Waals surface area contributed by atoms with E-state index < -0.39 is 26.8 Å². The zero-order valence-corrected chi connectivity index (χ0v) is 21.6. The van der Waals surface area contributed by atoms with Gasteiger partial charge in [-0.15, -0.1) is 10.2 Å². The van der Waals surface area contributed by atoms with Crippen molar-refractivity contribution in [3.63, 3.8) is 0 Å². The van der Waals surface area contributed by atoms with Gasteiger partial charge in [0.25, 0.3) is 0 Å². The topological polar surface area (TPSA) is 138 Å². The standard InChI is InChI=1S/C23H31N5O6S/c1-14(20(29)23(2,3)4)35(30,31)27-22-26-25-21(15-10-8-13-18(24-15)34-7)28(22)19-16(32-5)11-9-12-17(19)33-6/h8-14,20,29H,1-7H3,(H,26,27)/t14-,20+/m0/s1. The number of aromatic nitrogens is 4. The van der Waals surface area contributed by atoms with Gasteiger partial charge in [0.05, 0.1) is 27.4 Å². The Bertz CT molecular complexity index is 1260. The van der Waals surface area contributed by atoms with Crippen molar-refractivity contribution in [2.45, 2.75) is 39.0 Å². The number of methoxy groups -OCH3 is 3. The lowest BCUT2D eigenvalue weighted by Crippen LogP contribution is -2.43. The van der Waals surface area contributed by atoms with E-state index in [1.165, 1.54) is 32.8 Å². The highest BCUT2D eigenvalue weighted by Gasteiger charge is 2.37. The highest BCUT2D eigenvalue weighted by molar-refractivity contribution is 7.93. The van der Waals surface area contributed by atoms with Crippen LogP contribution in [0.4, 0.5) is 5.95 Å². The second-order valence-corrected chi connectivity index (χ2v) is 11.0.